The molecule has 0 saturated carbocycles. The van der Waals surface area contributed by atoms with Crippen LogP contribution in [0.2, 0.25) is 0 Å². The van der Waals surface area contributed by atoms with E-state index in [9.17, 15) is 9.59 Å². The fraction of sp³-hybridized carbons (Fsp3) is 0.158. The Hall–Kier alpha value is -2.66. The Morgan fingerprint density at radius 1 is 1.08 bits per heavy atom. The van der Waals surface area contributed by atoms with Gasteiger partial charge in [-0.25, -0.2) is 0 Å². The molecule has 0 atom stereocenters. The number of fused-ring (bicyclic) bond motifs is 1. The van der Waals surface area contributed by atoms with Crippen LogP contribution >= 0.6 is 11.3 Å². The third-order valence-electron chi connectivity index (χ3n) is 4.14. The maximum absolute atomic E-state index is 12.5. The van der Waals surface area contributed by atoms with Crippen LogP contribution < -0.4 is 10.2 Å². The van der Waals surface area contributed by atoms with Crippen LogP contribution in [0.5, 0.6) is 0 Å². The van der Waals surface area contributed by atoms with Gasteiger partial charge in [0.2, 0.25) is 5.91 Å². The van der Waals surface area contributed by atoms with E-state index in [1.54, 1.807) is 4.90 Å². The van der Waals surface area contributed by atoms with Gasteiger partial charge in [0.15, 0.2) is 0 Å². The molecule has 5 heteroatoms. The van der Waals surface area contributed by atoms with Crippen molar-refractivity contribution in [3.8, 4) is 0 Å². The molecule has 2 heterocycles. The molecule has 4 rings (SSSR count). The average Bonchev–Trinajstić information content (AvgIpc) is 3.21. The number of rotatable bonds is 3. The van der Waals surface area contributed by atoms with Gasteiger partial charge in [-0.1, -0.05) is 24.3 Å². The van der Waals surface area contributed by atoms with Crippen molar-refractivity contribution < 1.29 is 9.59 Å². The number of carbonyl (C=O) groups excluding carboxylic acids is 2. The lowest BCUT2D eigenvalue weighted by atomic mass is 10.2. The van der Waals surface area contributed by atoms with E-state index in [0.717, 1.165) is 28.7 Å². The summed E-state index contributed by atoms with van der Waals surface area (Å²) in [6.45, 7) is 0.743. The molecule has 0 radical (unpaired) electrons. The second kappa shape index (κ2) is 6.09. The van der Waals surface area contributed by atoms with Crippen LogP contribution in [0.3, 0.4) is 0 Å². The number of hydrogen-bond donors (Lipinski definition) is 1. The van der Waals surface area contributed by atoms with Crippen molar-refractivity contribution in [3.63, 3.8) is 0 Å². The number of anilines is 2. The van der Waals surface area contributed by atoms with E-state index in [2.05, 4.69) is 5.32 Å². The predicted octanol–water partition coefficient (Wildman–Crippen LogP) is 4.28. The van der Waals surface area contributed by atoms with Gasteiger partial charge in [-0.2, -0.15) is 0 Å². The number of amides is 2. The molecule has 2 aromatic carbocycles. The van der Waals surface area contributed by atoms with E-state index in [1.807, 2.05) is 54.6 Å². The van der Waals surface area contributed by atoms with Crippen molar-refractivity contribution in [1.29, 1.82) is 0 Å². The van der Waals surface area contributed by atoms with Crippen LogP contribution in [0.4, 0.5) is 11.4 Å². The molecule has 2 amide bonds. The lowest BCUT2D eigenvalue weighted by Crippen LogP contribution is -2.23. The molecule has 120 valence electrons. The predicted molar refractivity (Wildman–Crippen MR) is 97.8 cm³/mol. The molecule has 1 aliphatic heterocycles. The Kier molecular flexibility index (Phi) is 3.78. The maximum Gasteiger partial charge on any atom is 0.265 e. The van der Waals surface area contributed by atoms with Crippen LogP contribution in [-0.2, 0) is 4.79 Å². The summed E-state index contributed by atoms with van der Waals surface area (Å²) in [5, 5.41) is 4.00. The molecule has 1 saturated heterocycles. The highest BCUT2D eigenvalue weighted by Gasteiger charge is 2.22. The number of hydrogen-bond acceptors (Lipinski definition) is 3. The smallest absolute Gasteiger partial charge is 0.265 e. The first kappa shape index (κ1) is 14.9. The first-order valence-electron chi connectivity index (χ1n) is 7.91. The van der Waals surface area contributed by atoms with Crippen LogP contribution in [0, 0.1) is 0 Å². The summed E-state index contributed by atoms with van der Waals surface area (Å²) in [7, 11) is 0. The van der Waals surface area contributed by atoms with E-state index >= 15 is 0 Å². The Labute approximate surface area is 143 Å². The monoisotopic (exact) mass is 336 g/mol. The largest absolute Gasteiger partial charge is 0.321 e. The highest BCUT2D eigenvalue weighted by atomic mass is 32.1. The van der Waals surface area contributed by atoms with E-state index in [-0.39, 0.29) is 11.8 Å². The minimum absolute atomic E-state index is 0.124. The normalized spacial score (nSPS) is 14.3. The molecule has 0 aliphatic carbocycles. The Morgan fingerprint density at radius 3 is 2.75 bits per heavy atom. The zero-order chi connectivity index (χ0) is 16.5. The van der Waals surface area contributed by atoms with E-state index in [4.69, 9.17) is 0 Å². The molecule has 4 nitrogen and oxygen atoms in total. The molecule has 1 fully saturated rings. The second-order valence-electron chi connectivity index (χ2n) is 5.80. The Morgan fingerprint density at radius 2 is 1.96 bits per heavy atom. The quantitative estimate of drug-likeness (QED) is 0.776. The van der Waals surface area contributed by atoms with E-state index < -0.39 is 0 Å². The SMILES string of the molecule is O=C(Nc1cccc(N2CCCC2=O)c1)c1cc2ccccc2s1. The summed E-state index contributed by atoms with van der Waals surface area (Å²) in [6.07, 6.45) is 1.48. The first-order chi connectivity index (χ1) is 11.7. The van der Waals surface area contributed by atoms with Gasteiger partial charge < -0.3 is 10.2 Å². The van der Waals surface area contributed by atoms with Crippen molar-refractivity contribution in [2.45, 2.75) is 12.8 Å². The summed E-state index contributed by atoms with van der Waals surface area (Å²) in [4.78, 5) is 26.8. The lowest BCUT2D eigenvalue weighted by Gasteiger charge is -2.16. The van der Waals surface area contributed by atoms with Crippen molar-refractivity contribution >= 4 is 44.6 Å². The van der Waals surface area contributed by atoms with Gasteiger partial charge in [-0.15, -0.1) is 11.3 Å². The van der Waals surface area contributed by atoms with Gasteiger partial charge in [-0.05, 0) is 42.1 Å². The summed E-state index contributed by atoms with van der Waals surface area (Å²) < 4.78 is 1.10. The zero-order valence-corrected chi connectivity index (χ0v) is 13.8. The molecule has 0 unspecified atom stereocenters. The molecule has 1 aromatic heterocycles. The summed E-state index contributed by atoms with van der Waals surface area (Å²) in [6, 6.07) is 17.3. The van der Waals surface area contributed by atoms with Crippen LogP contribution in [0.25, 0.3) is 10.1 Å². The number of thiophene rings is 1. The highest BCUT2D eigenvalue weighted by molar-refractivity contribution is 7.20. The molecular formula is C19H16N2O2S. The van der Waals surface area contributed by atoms with E-state index in [1.165, 1.54) is 11.3 Å². The van der Waals surface area contributed by atoms with Gasteiger partial charge in [0, 0.05) is 29.0 Å². The van der Waals surface area contributed by atoms with Gasteiger partial charge >= 0.3 is 0 Å². The van der Waals surface area contributed by atoms with Crippen molar-refractivity contribution in [3.05, 3.63) is 59.5 Å². The highest BCUT2D eigenvalue weighted by Crippen LogP contribution is 2.27. The lowest BCUT2D eigenvalue weighted by molar-refractivity contribution is -0.117. The molecular weight excluding hydrogens is 320 g/mol. The standard InChI is InChI=1S/C19H16N2O2S/c22-18-9-4-10-21(18)15-7-3-6-14(12-15)20-19(23)17-11-13-5-1-2-8-16(13)24-17/h1-3,5-8,11-12H,4,9-10H2,(H,20,23). The maximum atomic E-state index is 12.5. The van der Waals surface area contributed by atoms with Crippen LogP contribution in [0.1, 0.15) is 22.5 Å². The number of nitrogens with one attached hydrogen (secondary N) is 1. The van der Waals surface area contributed by atoms with E-state index in [0.29, 0.717) is 17.0 Å². The first-order valence-corrected chi connectivity index (χ1v) is 8.73. The Bertz CT molecular complexity index is 899. The minimum atomic E-state index is -0.124. The van der Waals surface area contributed by atoms with Crippen molar-refractivity contribution in [2.24, 2.45) is 0 Å². The van der Waals surface area contributed by atoms with Crippen molar-refractivity contribution in [1.82, 2.24) is 0 Å². The number of carbonyl (C=O) groups is 2. The summed E-state index contributed by atoms with van der Waals surface area (Å²) in [5.41, 5.74) is 1.54. The fourth-order valence-electron chi connectivity index (χ4n) is 2.96. The Balaban J connectivity index is 1.56. The average molecular weight is 336 g/mol. The third-order valence-corrected chi connectivity index (χ3v) is 5.25. The number of nitrogens with zero attached hydrogens (tertiary/aromatic N) is 1. The number of benzene rings is 2. The molecule has 1 N–H and O–H groups in total. The summed E-state index contributed by atoms with van der Waals surface area (Å²) >= 11 is 1.48. The molecule has 1 aliphatic rings. The second-order valence-corrected chi connectivity index (χ2v) is 6.89. The molecule has 3 aromatic rings. The van der Waals surface area contributed by atoms with Gasteiger partial charge in [0.25, 0.3) is 5.91 Å². The summed E-state index contributed by atoms with van der Waals surface area (Å²) in [5.74, 6) is 0.0177. The van der Waals surface area contributed by atoms with Gasteiger partial charge in [0.05, 0.1) is 4.88 Å². The van der Waals surface area contributed by atoms with Crippen LogP contribution in [-0.4, -0.2) is 18.4 Å². The molecule has 24 heavy (non-hydrogen) atoms. The van der Waals surface area contributed by atoms with Gasteiger partial charge in [0.1, 0.15) is 0 Å². The minimum Gasteiger partial charge on any atom is -0.321 e. The van der Waals surface area contributed by atoms with Gasteiger partial charge in [-0.3, -0.25) is 9.59 Å². The zero-order valence-electron chi connectivity index (χ0n) is 13.0. The molecule has 0 spiro atoms. The van der Waals surface area contributed by atoms with Crippen LogP contribution in [0.15, 0.2) is 54.6 Å². The fourth-order valence-corrected chi connectivity index (χ4v) is 3.92. The molecule has 0 bridgehead atoms. The topological polar surface area (TPSA) is 49.4 Å². The third kappa shape index (κ3) is 2.78. The van der Waals surface area contributed by atoms with Crippen molar-refractivity contribution in [2.75, 3.05) is 16.8 Å².